The van der Waals surface area contributed by atoms with Crippen LogP contribution >= 0.6 is 0 Å². The van der Waals surface area contributed by atoms with E-state index in [2.05, 4.69) is 11.4 Å². The first-order chi connectivity index (χ1) is 15.0. The Labute approximate surface area is 182 Å². The number of hydrogen-bond acceptors (Lipinski definition) is 6. The molecule has 0 saturated heterocycles. The number of hydrogen-bond donors (Lipinski definition) is 1. The van der Waals surface area contributed by atoms with E-state index in [4.69, 9.17) is 9.47 Å². The first-order valence-electron chi connectivity index (χ1n) is 10.3. The summed E-state index contributed by atoms with van der Waals surface area (Å²) in [6, 6.07) is 19.9. The third-order valence-corrected chi connectivity index (χ3v) is 5.52. The molecule has 1 N–H and O–H groups in total. The van der Waals surface area contributed by atoms with Gasteiger partial charge in [0.15, 0.2) is 5.41 Å². The third kappa shape index (κ3) is 3.91. The molecule has 2 aromatic rings. The highest BCUT2D eigenvalue weighted by Crippen LogP contribution is 2.53. The second-order valence-electron chi connectivity index (χ2n) is 7.29. The van der Waals surface area contributed by atoms with Crippen molar-refractivity contribution in [3.63, 3.8) is 0 Å². The first-order valence-corrected chi connectivity index (χ1v) is 10.3. The summed E-state index contributed by atoms with van der Waals surface area (Å²) in [5.41, 5.74) is 0.522. The van der Waals surface area contributed by atoms with Crippen molar-refractivity contribution in [1.82, 2.24) is 5.32 Å². The maximum Gasteiger partial charge on any atom is 0.336 e. The third-order valence-electron chi connectivity index (χ3n) is 5.52. The Morgan fingerprint density at radius 2 is 1.52 bits per heavy atom. The van der Waals surface area contributed by atoms with Crippen LogP contribution in [0.1, 0.15) is 43.9 Å². The van der Waals surface area contributed by atoms with Crippen LogP contribution in [0.15, 0.2) is 71.9 Å². The van der Waals surface area contributed by atoms with Crippen molar-refractivity contribution in [3.8, 4) is 6.07 Å². The lowest BCUT2D eigenvalue weighted by atomic mass is 9.61. The zero-order valence-electron chi connectivity index (χ0n) is 17.9. The molecule has 1 aliphatic rings. The maximum absolute atomic E-state index is 13.5. The summed E-state index contributed by atoms with van der Waals surface area (Å²) in [5, 5.41) is 13.8. The number of nitriles is 1. The molecule has 0 fully saturated rings. The molecule has 0 aliphatic carbocycles. The van der Waals surface area contributed by atoms with Gasteiger partial charge in [-0.15, -0.1) is 0 Å². The molecule has 0 radical (unpaired) electrons. The van der Waals surface area contributed by atoms with E-state index in [-0.39, 0.29) is 18.8 Å². The molecule has 1 heterocycles. The minimum Gasteiger partial charge on any atom is -0.465 e. The van der Waals surface area contributed by atoms with Crippen molar-refractivity contribution in [1.29, 1.82) is 5.26 Å². The molecule has 0 bridgehead atoms. The van der Waals surface area contributed by atoms with E-state index in [1.807, 2.05) is 60.7 Å². The van der Waals surface area contributed by atoms with Crippen molar-refractivity contribution < 1.29 is 19.1 Å². The Balaban J connectivity index is 2.35. The van der Waals surface area contributed by atoms with Crippen LogP contribution in [0.25, 0.3) is 0 Å². The molecule has 0 spiro atoms. The van der Waals surface area contributed by atoms with Crippen molar-refractivity contribution >= 4 is 11.9 Å². The SMILES string of the molecule is CCOC(=O)C1=C(C)NC(c2ccccc2)C(C#N)(C(=O)OCC)C1c1ccccc1. The monoisotopic (exact) mass is 418 g/mol. The van der Waals surface area contributed by atoms with Gasteiger partial charge >= 0.3 is 11.9 Å². The fraction of sp³-hybridized carbons (Fsp3) is 0.320. The van der Waals surface area contributed by atoms with E-state index in [0.29, 0.717) is 11.3 Å². The van der Waals surface area contributed by atoms with Crippen LogP contribution in [-0.2, 0) is 19.1 Å². The van der Waals surface area contributed by atoms with Gasteiger partial charge in [0.2, 0.25) is 0 Å². The minimum absolute atomic E-state index is 0.114. The van der Waals surface area contributed by atoms with E-state index >= 15 is 0 Å². The van der Waals surface area contributed by atoms with Gasteiger partial charge in [0, 0.05) is 11.6 Å². The van der Waals surface area contributed by atoms with E-state index in [1.165, 1.54) is 0 Å². The van der Waals surface area contributed by atoms with E-state index in [1.54, 1.807) is 20.8 Å². The van der Waals surface area contributed by atoms with E-state index in [0.717, 1.165) is 5.56 Å². The predicted molar refractivity (Wildman–Crippen MR) is 116 cm³/mol. The summed E-state index contributed by atoms with van der Waals surface area (Å²) in [5.74, 6) is -2.11. The summed E-state index contributed by atoms with van der Waals surface area (Å²) in [7, 11) is 0. The van der Waals surface area contributed by atoms with Gasteiger partial charge in [0.25, 0.3) is 0 Å². The van der Waals surface area contributed by atoms with Crippen LogP contribution in [0.5, 0.6) is 0 Å². The maximum atomic E-state index is 13.5. The highest BCUT2D eigenvalue weighted by Gasteiger charge is 2.60. The standard InChI is InChI=1S/C25H26N2O4/c1-4-30-23(28)20-17(3)27-22(19-14-10-7-11-15-19)25(16-26,24(29)31-5-2)21(20)18-12-8-6-9-13-18/h6-15,21-22,27H,4-5H2,1-3H3. The molecule has 2 aromatic carbocycles. The summed E-state index contributed by atoms with van der Waals surface area (Å²) in [6.45, 7) is 5.48. The average molecular weight is 418 g/mol. The fourth-order valence-corrected chi connectivity index (χ4v) is 4.23. The Bertz CT molecular complexity index is 1010. The molecule has 0 aromatic heterocycles. The van der Waals surface area contributed by atoms with Crippen molar-refractivity contribution in [2.75, 3.05) is 13.2 Å². The molecule has 1 aliphatic heterocycles. The van der Waals surface area contributed by atoms with Crippen LogP contribution in [0.3, 0.4) is 0 Å². The van der Waals surface area contributed by atoms with Crippen LogP contribution in [0.2, 0.25) is 0 Å². The van der Waals surface area contributed by atoms with Crippen LogP contribution < -0.4 is 5.32 Å². The molecule has 0 amide bonds. The summed E-state index contributed by atoms with van der Waals surface area (Å²) in [6.07, 6.45) is 0. The molecule has 6 heteroatoms. The van der Waals surface area contributed by atoms with Crippen molar-refractivity contribution in [2.45, 2.75) is 32.7 Å². The molecular weight excluding hydrogens is 392 g/mol. The van der Waals surface area contributed by atoms with Crippen LogP contribution in [0.4, 0.5) is 0 Å². The molecule has 3 rings (SSSR count). The molecule has 31 heavy (non-hydrogen) atoms. The average Bonchev–Trinajstić information content (AvgIpc) is 2.79. The van der Waals surface area contributed by atoms with E-state index in [9.17, 15) is 14.9 Å². The van der Waals surface area contributed by atoms with Crippen LogP contribution in [-0.4, -0.2) is 25.2 Å². The van der Waals surface area contributed by atoms with Gasteiger partial charge in [0.05, 0.1) is 30.9 Å². The topological polar surface area (TPSA) is 88.4 Å². The second kappa shape index (κ2) is 9.48. The van der Waals surface area contributed by atoms with Gasteiger partial charge in [-0.2, -0.15) is 5.26 Å². The largest absolute Gasteiger partial charge is 0.465 e. The second-order valence-corrected chi connectivity index (χ2v) is 7.29. The molecule has 0 saturated carbocycles. The highest BCUT2D eigenvalue weighted by molar-refractivity contribution is 5.95. The smallest absolute Gasteiger partial charge is 0.336 e. The van der Waals surface area contributed by atoms with Gasteiger partial charge in [-0.1, -0.05) is 60.7 Å². The Morgan fingerprint density at radius 3 is 2.03 bits per heavy atom. The number of benzene rings is 2. The van der Waals surface area contributed by atoms with Gasteiger partial charge in [-0.25, -0.2) is 4.79 Å². The number of nitrogens with one attached hydrogen (secondary N) is 1. The van der Waals surface area contributed by atoms with Crippen LogP contribution in [0, 0.1) is 16.7 Å². The Morgan fingerprint density at radius 1 is 0.968 bits per heavy atom. The highest BCUT2D eigenvalue weighted by atomic mass is 16.5. The zero-order valence-corrected chi connectivity index (χ0v) is 17.9. The quantitative estimate of drug-likeness (QED) is 0.713. The predicted octanol–water partition coefficient (Wildman–Crippen LogP) is 4.02. The number of esters is 2. The number of carbonyl (C=O) groups excluding carboxylic acids is 2. The normalized spacial score (nSPS) is 22.8. The summed E-state index contributed by atoms with van der Waals surface area (Å²) < 4.78 is 10.7. The van der Waals surface area contributed by atoms with Gasteiger partial charge in [-0.3, -0.25) is 4.79 Å². The Kier molecular flexibility index (Phi) is 6.76. The lowest BCUT2D eigenvalue weighted by Crippen LogP contribution is -2.53. The zero-order chi connectivity index (χ0) is 22.4. The number of allylic oxidation sites excluding steroid dienone is 1. The van der Waals surface area contributed by atoms with Gasteiger partial charge in [0.1, 0.15) is 0 Å². The van der Waals surface area contributed by atoms with Crippen molar-refractivity contribution in [2.24, 2.45) is 5.41 Å². The molecule has 160 valence electrons. The first kappa shape index (κ1) is 22.1. The fourth-order valence-electron chi connectivity index (χ4n) is 4.23. The Hall–Kier alpha value is -3.59. The molecule has 3 unspecified atom stereocenters. The lowest BCUT2D eigenvalue weighted by Gasteiger charge is -2.45. The molecular formula is C25H26N2O4. The molecule has 6 nitrogen and oxygen atoms in total. The van der Waals surface area contributed by atoms with Gasteiger partial charge in [-0.05, 0) is 31.9 Å². The minimum atomic E-state index is -1.72. The summed E-state index contributed by atoms with van der Waals surface area (Å²) >= 11 is 0. The lowest BCUT2D eigenvalue weighted by molar-refractivity contribution is -0.155. The number of rotatable bonds is 6. The van der Waals surface area contributed by atoms with E-state index < -0.39 is 29.3 Å². The number of ether oxygens (including phenoxy) is 2. The van der Waals surface area contributed by atoms with Crippen molar-refractivity contribution in [3.05, 3.63) is 83.1 Å². The number of nitrogens with zero attached hydrogens (tertiary/aromatic N) is 1. The van der Waals surface area contributed by atoms with Gasteiger partial charge < -0.3 is 14.8 Å². The number of carbonyl (C=O) groups is 2. The summed E-state index contributed by atoms with van der Waals surface area (Å²) in [4.78, 5) is 26.5. The molecule has 3 atom stereocenters.